The summed E-state index contributed by atoms with van der Waals surface area (Å²) in [5.41, 5.74) is 0.356. The minimum atomic E-state index is -4.82. The highest BCUT2D eigenvalue weighted by Crippen LogP contribution is 2.39. The van der Waals surface area contributed by atoms with Crippen LogP contribution >= 0.6 is 0 Å². The lowest BCUT2D eigenvalue weighted by molar-refractivity contribution is -0.275. The van der Waals surface area contributed by atoms with Crippen LogP contribution in [0, 0.1) is 0 Å². The van der Waals surface area contributed by atoms with Crippen LogP contribution in [0.4, 0.5) is 18.9 Å². The molecule has 0 bridgehead atoms. The number of ether oxygens (including phenoxy) is 1. The van der Waals surface area contributed by atoms with Crippen LogP contribution in [0.5, 0.6) is 11.5 Å². The summed E-state index contributed by atoms with van der Waals surface area (Å²) in [6.45, 7) is 7.21. The van der Waals surface area contributed by atoms with Gasteiger partial charge in [-0.25, -0.2) is 0 Å². The average molecular weight is 302 g/mol. The van der Waals surface area contributed by atoms with Gasteiger partial charge in [0, 0.05) is 32.7 Å². The molecule has 1 aliphatic heterocycles. The topological polar surface area (TPSA) is 35.9 Å². The fraction of sp³-hybridized carbons (Fsp3) is 0.429. The molecule has 1 aromatic carbocycles. The number of para-hydroxylation sites is 1. The van der Waals surface area contributed by atoms with Gasteiger partial charge in [0.05, 0.1) is 5.69 Å². The highest BCUT2D eigenvalue weighted by atomic mass is 19.4. The molecule has 1 heterocycles. The number of halogens is 3. The van der Waals surface area contributed by atoms with Crippen molar-refractivity contribution in [2.45, 2.75) is 6.36 Å². The van der Waals surface area contributed by atoms with Gasteiger partial charge in [-0.3, -0.25) is 4.90 Å². The number of benzene rings is 1. The van der Waals surface area contributed by atoms with Gasteiger partial charge in [-0.05, 0) is 12.1 Å². The Bertz CT molecular complexity index is 497. The zero-order chi connectivity index (χ0) is 15.5. The summed E-state index contributed by atoms with van der Waals surface area (Å²) in [7, 11) is 0. The Hall–Kier alpha value is -1.89. The number of rotatable bonds is 4. The number of phenolic OH excluding ortho intramolecular Hbond substituents is 1. The Morgan fingerprint density at radius 1 is 1.24 bits per heavy atom. The summed E-state index contributed by atoms with van der Waals surface area (Å²) >= 11 is 0. The molecule has 0 aliphatic carbocycles. The maximum Gasteiger partial charge on any atom is 0.573 e. The summed E-state index contributed by atoms with van der Waals surface area (Å²) in [6.07, 6.45) is -3.01. The van der Waals surface area contributed by atoms with Gasteiger partial charge in [0.1, 0.15) is 0 Å². The standard InChI is InChI=1S/C14H17F3N2O2/c1-2-6-18-7-9-19(10-8-18)11-4-3-5-12(13(11)20)21-14(15,16)17/h2-5,20H,1,6-10H2. The summed E-state index contributed by atoms with van der Waals surface area (Å²) < 4.78 is 40.6. The molecule has 2 rings (SSSR count). The van der Waals surface area contributed by atoms with Crippen molar-refractivity contribution in [1.29, 1.82) is 0 Å². The van der Waals surface area contributed by atoms with Gasteiger partial charge in [0.2, 0.25) is 0 Å². The van der Waals surface area contributed by atoms with Crippen LogP contribution in [0.2, 0.25) is 0 Å². The Balaban J connectivity index is 2.11. The van der Waals surface area contributed by atoms with Crippen molar-refractivity contribution >= 4 is 5.69 Å². The number of hydrogen-bond donors (Lipinski definition) is 1. The third kappa shape index (κ3) is 4.04. The van der Waals surface area contributed by atoms with Gasteiger partial charge in [0.15, 0.2) is 11.5 Å². The molecule has 116 valence electrons. The first-order chi connectivity index (χ1) is 9.90. The van der Waals surface area contributed by atoms with Crippen LogP contribution in [0.15, 0.2) is 30.9 Å². The number of piperazine rings is 1. The monoisotopic (exact) mass is 302 g/mol. The van der Waals surface area contributed by atoms with Gasteiger partial charge in [-0.2, -0.15) is 0 Å². The molecule has 21 heavy (non-hydrogen) atoms. The minimum Gasteiger partial charge on any atom is -0.503 e. The molecule has 1 fully saturated rings. The lowest BCUT2D eigenvalue weighted by atomic mass is 10.2. The molecular formula is C14H17F3N2O2. The molecular weight excluding hydrogens is 285 g/mol. The maximum absolute atomic E-state index is 12.3. The predicted molar refractivity (Wildman–Crippen MR) is 73.6 cm³/mol. The minimum absolute atomic E-state index is 0.356. The lowest BCUT2D eigenvalue weighted by Crippen LogP contribution is -2.46. The largest absolute Gasteiger partial charge is 0.573 e. The molecule has 0 spiro atoms. The highest BCUT2D eigenvalue weighted by molar-refractivity contribution is 5.64. The smallest absolute Gasteiger partial charge is 0.503 e. The van der Waals surface area contributed by atoms with Gasteiger partial charge < -0.3 is 14.7 Å². The molecule has 1 saturated heterocycles. The molecule has 0 unspecified atom stereocenters. The third-order valence-corrected chi connectivity index (χ3v) is 3.30. The lowest BCUT2D eigenvalue weighted by Gasteiger charge is -2.36. The van der Waals surface area contributed by atoms with Crippen LogP contribution in [0.25, 0.3) is 0 Å². The van der Waals surface area contributed by atoms with Gasteiger partial charge >= 0.3 is 6.36 Å². The molecule has 0 atom stereocenters. The Morgan fingerprint density at radius 3 is 2.48 bits per heavy atom. The molecule has 1 aromatic rings. The molecule has 0 aromatic heterocycles. The SMILES string of the molecule is C=CCN1CCN(c2cccc(OC(F)(F)F)c2O)CC1. The summed E-state index contributed by atoms with van der Waals surface area (Å²) in [6, 6.07) is 4.12. The van der Waals surface area contributed by atoms with Crippen molar-refractivity contribution in [2.24, 2.45) is 0 Å². The molecule has 0 amide bonds. The quantitative estimate of drug-likeness (QED) is 0.867. The van der Waals surface area contributed by atoms with E-state index < -0.39 is 17.9 Å². The van der Waals surface area contributed by atoms with Crippen LogP contribution in [-0.2, 0) is 0 Å². The second kappa shape index (κ2) is 6.26. The van der Waals surface area contributed by atoms with E-state index in [9.17, 15) is 18.3 Å². The van der Waals surface area contributed by atoms with E-state index in [2.05, 4.69) is 16.2 Å². The maximum atomic E-state index is 12.3. The van der Waals surface area contributed by atoms with Crippen molar-refractivity contribution in [3.8, 4) is 11.5 Å². The molecule has 7 heteroatoms. The number of aromatic hydroxyl groups is 1. The second-order valence-electron chi connectivity index (χ2n) is 4.75. The van der Waals surface area contributed by atoms with Crippen LogP contribution in [-0.4, -0.2) is 49.1 Å². The number of anilines is 1. The normalized spacial score (nSPS) is 16.8. The van der Waals surface area contributed by atoms with Gasteiger partial charge in [-0.15, -0.1) is 19.8 Å². The Kier molecular flexibility index (Phi) is 4.62. The van der Waals surface area contributed by atoms with Crippen LogP contribution < -0.4 is 9.64 Å². The number of phenols is 1. The van der Waals surface area contributed by atoms with Crippen LogP contribution in [0.1, 0.15) is 0 Å². The van der Waals surface area contributed by atoms with E-state index in [1.165, 1.54) is 6.07 Å². The summed E-state index contributed by atoms with van der Waals surface area (Å²) in [5.74, 6) is -1.06. The van der Waals surface area contributed by atoms with E-state index in [4.69, 9.17) is 0 Å². The van der Waals surface area contributed by atoms with Gasteiger partial charge in [0.25, 0.3) is 0 Å². The van der Waals surface area contributed by atoms with Crippen molar-refractivity contribution in [3.05, 3.63) is 30.9 Å². The first-order valence-corrected chi connectivity index (χ1v) is 6.56. The number of nitrogens with zero attached hydrogens (tertiary/aromatic N) is 2. The van der Waals surface area contributed by atoms with Crippen molar-refractivity contribution in [1.82, 2.24) is 4.90 Å². The predicted octanol–water partition coefficient (Wildman–Crippen LogP) is 2.60. The van der Waals surface area contributed by atoms with Gasteiger partial charge in [-0.1, -0.05) is 12.1 Å². The van der Waals surface area contributed by atoms with E-state index in [0.717, 1.165) is 25.7 Å². The first-order valence-electron chi connectivity index (χ1n) is 6.56. The Labute approximate surface area is 121 Å². The third-order valence-electron chi connectivity index (χ3n) is 3.30. The molecule has 1 N–H and O–H groups in total. The van der Waals surface area contributed by atoms with Crippen molar-refractivity contribution in [2.75, 3.05) is 37.6 Å². The molecule has 0 radical (unpaired) electrons. The van der Waals surface area contributed by atoms with Crippen LogP contribution in [0.3, 0.4) is 0 Å². The zero-order valence-corrected chi connectivity index (χ0v) is 11.4. The van der Waals surface area contributed by atoms with E-state index >= 15 is 0 Å². The fourth-order valence-corrected chi connectivity index (χ4v) is 2.33. The van der Waals surface area contributed by atoms with E-state index in [1.807, 2.05) is 11.0 Å². The Morgan fingerprint density at radius 2 is 1.90 bits per heavy atom. The highest BCUT2D eigenvalue weighted by Gasteiger charge is 2.33. The number of alkyl halides is 3. The molecule has 4 nitrogen and oxygen atoms in total. The van der Waals surface area contributed by atoms with Crippen molar-refractivity contribution in [3.63, 3.8) is 0 Å². The first kappa shape index (κ1) is 15.5. The van der Waals surface area contributed by atoms with E-state index in [-0.39, 0.29) is 0 Å². The average Bonchev–Trinajstić information content (AvgIpc) is 2.41. The zero-order valence-electron chi connectivity index (χ0n) is 11.4. The second-order valence-corrected chi connectivity index (χ2v) is 4.75. The summed E-state index contributed by atoms with van der Waals surface area (Å²) in [4.78, 5) is 4.02. The molecule has 1 aliphatic rings. The van der Waals surface area contributed by atoms with E-state index in [0.29, 0.717) is 18.8 Å². The molecule has 0 saturated carbocycles. The number of hydrogen-bond acceptors (Lipinski definition) is 4. The van der Waals surface area contributed by atoms with Crippen molar-refractivity contribution < 1.29 is 23.0 Å². The fourth-order valence-electron chi connectivity index (χ4n) is 2.33. The summed E-state index contributed by atoms with van der Waals surface area (Å²) in [5, 5.41) is 9.98. The van der Waals surface area contributed by atoms with E-state index in [1.54, 1.807) is 6.07 Å².